The van der Waals surface area contributed by atoms with Gasteiger partial charge in [0.15, 0.2) is 0 Å². The molecular weight excluding hydrogens is 254 g/mol. The second kappa shape index (κ2) is 4.78. The first-order chi connectivity index (χ1) is 8.58. The van der Waals surface area contributed by atoms with E-state index in [0.29, 0.717) is 22.3 Å². The summed E-state index contributed by atoms with van der Waals surface area (Å²) in [6, 6.07) is 3.49. The predicted octanol–water partition coefficient (Wildman–Crippen LogP) is 2.64. The van der Waals surface area contributed by atoms with Crippen LogP contribution in [0.25, 0.3) is 11.3 Å². The molecule has 18 heavy (non-hydrogen) atoms. The number of nitrogen functional groups attached to an aromatic ring is 1. The molecule has 0 atom stereocenters. The summed E-state index contributed by atoms with van der Waals surface area (Å²) >= 11 is 6.17. The Morgan fingerprint density at radius 3 is 2.39 bits per heavy atom. The lowest BCUT2D eigenvalue weighted by Gasteiger charge is -2.15. The van der Waals surface area contributed by atoms with E-state index in [9.17, 15) is 0 Å². The summed E-state index contributed by atoms with van der Waals surface area (Å²) in [5.41, 5.74) is 7.97. The number of rotatable bonds is 3. The highest BCUT2D eigenvalue weighted by Crippen LogP contribution is 2.42. The summed E-state index contributed by atoms with van der Waals surface area (Å²) in [6.07, 6.45) is 0. The van der Waals surface area contributed by atoms with E-state index in [1.54, 1.807) is 26.4 Å². The van der Waals surface area contributed by atoms with Gasteiger partial charge in [-0.2, -0.15) is 5.10 Å². The van der Waals surface area contributed by atoms with Gasteiger partial charge in [0.1, 0.15) is 17.3 Å². The molecule has 0 bridgehead atoms. The Bertz CT molecular complexity index is 581. The number of aromatic nitrogens is 2. The highest BCUT2D eigenvalue weighted by atomic mass is 35.5. The van der Waals surface area contributed by atoms with Gasteiger partial charge in [0.2, 0.25) is 0 Å². The number of benzene rings is 1. The first-order valence-corrected chi connectivity index (χ1v) is 5.68. The van der Waals surface area contributed by atoms with Gasteiger partial charge in [0.05, 0.1) is 24.9 Å². The van der Waals surface area contributed by atoms with Crippen LogP contribution in [0.3, 0.4) is 0 Å². The molecule has 0 radical (unpaired) electrons. The summed E-state index contributed by atoms with van der Waals surface area (Å²) in [5.74, 6) is 1.70. The van der Waals surface area contributed by atoms with E-state index in [0.717, 1.165) is 16.8 Å². The van der Waals surface area contributed by atoms with Gasteiger partial charge in [-0.25, -0.2) is 0 Å². The highest BCUT2D eigenvalue weighted by molar-refractivity contribution is 6.32. The van der Waals surface area contributed by atoms with Crippen LogP contribution >= 0.6 is 11.6 Å². The van der Waals surface area contributed by atoms with Gasteiger partial charge >= 0.3 is 0 Å². The average molecular weight is 268 g/mol. The van der Waals surface area contributed by atoms with Gasteiger partial charge in [-0.1, -0.05) is 11.6 Å². The van der Waals surface area contributed by atoms with E-state index in [1.807, 2.05) is 6.92 Å². The molecule has 0 saturated heterocycles. The molecule has 0 spiro atoms. The Morgan fingerprint density at radius 1 is 1.22 bits per heavy atom. The molecule has 0 fully saturated rings. The molecule has 1 aromatic heterocycles. The number of H-pyrrole nitrogens is 1. The van der Waals surface area contributed by atoms with Gasteiger partial charge in [0.25, 0.3) is 0 Å². The van der Waals surface area contributed by atoms with Crippen molar-refractivity contribution in [3.63, 3.8) is 0 Å². The third kappa shape index (κ3) is 1.97. The summed E-state index contributed by atoms with van der Waals surface area (Å²) in [7, 11) is 3.17. The van der Waals surface area contributed by atoms with E-state index in [2.05, 4.69) is 10.2 Å². The molecule has 0 amide bonds. The lowest BCUT2D eigenvalue weighted by molar-refractivity contribution is 0.390. The van der Waals surface area contributed by atoms with E-state index in [1.165, 1.54) is 0 Å². The molecule has 0 aliphatic carbocycles. The minimum atomic E-state index is 0.414. The quantitative estimate of drug-likeness (QED) is 0.897. The number of halogens is 1. The SMILES string of the molecule is COc1c(Cl)cc(-c2cc(N)n[nH]2)c(OC)c1C. The van der Waals surface area contributed by atoms with Crippen molar-refractivity contribution in [2.45, 2.75) is 6.92 Å². The topological polar surface area (TPSA) is 73.2 Å². The summed E-state index contributed by atoms with van der Waals surface area (Å²) in [4.78, 5) is 0. The van der Waals surface area contributed by atoms with Gasteiger partial charge in [-0.3, -0.25) is 5.10 Å². The van der Waals surface area contributed by atoms with Crippen LogP contribution in [0, 0.1) is 6.92 Å². The van der Waals surface area contributed by atoms with Crippen molar-refractivity contribution < 1.29 is 9.47 Å². The number of methoxy groups -OCH3 is 2. The van der Waals surface area contributed by atoms with E-state index in [4.69, 9.17) is 26.8 Å². The smallest absolute Gasteiger partial charge is 0.145 e. The standard InChI is InChI=1S/C12H14ClN3O2/c1-6-11(17-2)7(4-8(13)12(6)18-3)9-5-10(14)16-15-9/h4-5H,1-3H3,(H3,14,15,16). The average Bonchev–Trinajstić information content (AvgIpc) is 2.75. The van der Waals surface area contributed by atoms with Crippen LogP contribution in [0.5, 0.6) is 11.5 Å². The van der Waals surface area contributed by atoms with Gasteiger partial charge < -0.3 is 15.2 Å². The number of hydrogen-bond donors (Lipinski definition) is 2. The third-order valence-electron chi connectivity index (χ3n) is 2.71. The summed E-state index contributed by atoms with van der Waals surface area (Å²) in [5, 5.41) is 7.24. The first kappa shape index (κ1) is 12.6. The number of hydrogen-bond acceptors (Lipinski definition) is 4. The largest absolute Gasteiger partial charge is 0.496 e. The Morgan fingerprint density at radius 2 is 1.89 bits per heavy atom. The number of nitrogens with two attached hydrogens (primary N) is 1. The van der Waals surface area contributed by atoms with Crippen molar-refractivity contribution in [2.75, 3.05) is 20.0 Å². The van der Waals surface area contributed by atoms with E-state index >= 15 is 0 Å². The molecule has 5 nitrogen and oxygen atoms in total. The molecule has 0 saturated carbocycles. The molecular formula is C12H14ClN3O2. The van der Waals surface area contributed by atoms with Crippen LogP contribution < -0.4 is 15.2 Å². The number of ether oxygens (including phenoxy) is 2. The van der Waals surface area contributed by atoms with Gasteiger partial charge in [-0.15, -0.1) is 0 Å². The molecule has 1 aromatic carbocycles. The Kier molecular flexibility index (Phi) is 3.34. The first-order valence-electron chi connectivity index (χ1n) is 5.30. The molecule has 0 unspecified atom stereocenters. The summed E-state index contributed by atoms with van der Waals surface area (Å²) < 4.78 is 10.7. The summed E-state index contributed by atoms with van der Waals surface area (Å²) in [6.45, 7) is 1.88. The van der Waals surface area contributed by atoms with Crippen LogP contribution in [-0.4, -0.2) is 24.4 Å². The second-order valence-corrected chi connectivity index (χ2v) is 4.21. The number of aromatic amines is 1. The van der Waals surface area contributed by atoms with Crippen LogP contribution in [0.4, 0.5) is 5.82 Å². The number of nitrogens with one attached hydrogen (secondary N) is 1. The lowest BCUT2D eigenvalue weighted by Crippen LogP contribution is -1.96. The van der Waals surface area contributed by atoms with Crippen molar-refractivity contribution in [2.24, 2.45) is 0 Å². The molecule has 2 aromatic rings. The zero-order valence-corrected chi connectivity index (χ0v) is 11.1. The van der Waals surface area contributed by atoms with Crippen molar-refractivity contribution in [3.05, 3.63) is 22.7 Å². The molecule has 0 aliphatic rings. The van der Waals surface area contributed by atoms with Crippen molar-refractivity contribution >= 4 is 17.4 Å². The highest BCUT2D eigenvalue weighted by Gasteiger charge is 2.17. The van der Waals surface area contributed by atoms with Crippen LogP contribution in [-0.2, 0) is 0 Å². The second-order valence-electron chi connectivity index (χ2n) is 3.80. The molecule has 6 heteroatoms. The molecule has 96 valence electrons. The van der Waals surface area contributed by atoms with Crippen molar-refractivity contribution in [1.29, 1.82) is 0 Å². The van der Waals surface area contributed by atoms with Crippen molar-refractivity contribution in [3.8, 4) is 22.8 Å². The van der Waals surface area contributed by atoms with Crippen LogP contribution in [0.1, 0.15) is 5.56 Å². The maximum atomic E-state index is 6.17. The maximum Gasteiger partial charge on any atom is 0.145 e. The Balaban J connectivity index is 2.68. The van der Waals surface area contributed by atoms with Crippen molar-refractivity contribution in [1.82, 2.24) is 10.2 Å². The molecule has 3 N–H and O–H groups in total. The minimum absolute atomic E-state index is 0.414. The molecule has 1 heterocycles. The lowest BCUT2D eigenvalue weighted by atomic mass is 10.1. The van der Waals surface area contributed by atoms with Crippen LogP contribution in [0.2, 0.25) is 5.02 Å². The minimum Gasteiger partial charge on any atom is -0.496 e. The number of anilines is 1. The monoisotopic (exact) mass is 267 g/mol. The fraction of sp³-hybridized carbons (Fsp3) is 0.250. The van der Waals surface area contributed by atoms with Crippen LogP contribution in [0.15, 0.2) is 12.1 Å². The predicted molar refractivity (Wildman–Crippen MR) is 71.3 cm³/mol. The Labute approximate surface area is 110 Å². The maximum absolute atomic E-state index is 6.17. The fourth-order valence-electron chi connectivity index (χ4n) is 1.93. The van der Waals surface area contributed by atoms with Gasteiger partial charge in [-0.05, 0) is 13.0 Å². The zero-order valence-electron chi connectivity index (χ0n) is 10.4. The molecule has 0 aliphatic heterocycles. The number of nitrogens with zero attached hydrogens (tertiary/aromatic N) is 1. The van der Waals surface area contributed by atoms with E-state index in [-0.39, 0.29) is 0 Å². The Hall–Kier alpha value is -1.88. The van der Waals surface area contributed by atoms with Gasteiger partial charge in [0, 0.05) is 17.2 Å². The zero-order chi connectivity index (χ0) is 13.3. The third-order valence-corrected chi connectivity index (χ3v) is 2.99. The molecule has 2 rings (SSSR count). The van der Waals surface area contributed by atoms with E-state index < -0.39 is 0 Å². The fourth-order valence-corrected chi connectivity index (χ4v) is 2.26. The normalized spacial score (nSPS) is 10.4.